The lowest BCUT2D eigenvalue weighted by Gasteiger charge is -2.27. The van der Waals surface area contributed by atoms with Gasteiger partial charge in [-0.1, -0.05) is 38.1 Å². The maximum Gasteiger partial charge on any atom is 0.337 e. The van der Waals surface area contributed by atoms with Crippen molar-refractivity contribution in [2.45, 2.75) is 25.7 Å². The van der Waals surface area contributed by atoms with Crippen molar-refractivity contribution in [3.05, 3.63) is 64.4 Å². The monoisotopic (exact) mass is 349 g/mol. The Morgan fingerprint density at radius 3 is 2.50 bits per heavy atom. The number of benzene rings is 2. The second kappa shape index (κ2) is 5.53. The van der Waals surface area contributed by atoms with E-state index in [4.69, 9.17) is 14.2 Å². The standard InChI is InChI=1S/C21H19NO4/c1-11(2)12-3-5-13(6-4-12)19-14-7-17-18(26-10-25-17)8-15(14)22-16-9-24-21(23)20(16)19/h3-8,11,19,22H,9-10H2,1-2H3/t19-/m1/s1. The van der Waals surface area contributed by atoms with Gasteiger partial charge in [-0.25, -0.2) is 4.79 Å². The van der Waals surface area contributed by atoms with Crippen LogP contribution in [-0.4, -0.2) is 19.4 Å². The number of rotatable bonds is 2. The highest BCUT2D eigenvalue weighted by molar-refractivity contribution is 5.97. The molecule has 0 aromatic heterocycles. The van der Waals surface area contributed by atoms with Crippen LogP contribution in [0.2, 0.25) is 0 Å². The number of carbonyl (C=O) groups excluding carboxylic acids is 1. The zero-order valence-electron chi connectivity index (χ0n) is 14.7. The minimum atomic E-state index is -0.256. The van der Waals surface area contributed by atoms with Gasteiger partial charge in [-0.3, -0.25) is 0 Å². The topological polar surface area (TPSA) is 56.8 Å². The van der Waals surface area contributed by atoms with Crippen LogP contribution < -0.4 is 14.8 Å². The molecule has 0 aliphatic carbocycles. The summed E-state index contributed by atoms with van der Waals surface area (Å²) in [5.74, 6) is 1.47. The Labute approximate surface area is 151 Å². The quantitative estimate of drug-likeness (QED) is 0.833. The molecule has 132 valence electrons. The van der Waals surface area contributed by atoms with Crippen molar-refractivity contribution >= 4 is 11.7 Å². The summed E-state index contributed by atoms with van der Waals surface area (Å²) in [5, 5.41) is 3.35. The largest absolute Gasteiger partial charge is 0.456 e. The minimum absolute atomic E-state index is 0.174. The summed E-state index contributed by atoms with van der Waals surface area (Å²) in [6.07, 6.45) is 0. The molecular weight excluding hydrogens is 330 g/mol. The van der Waals surface area contributed by atoms with Gasteiger partial charge < -0.3 is 19.5 Å². The highest BCUT2D eigenvalue weighted by atomic mass is 16.7. The van der Waals surface area contributed by atoms with Crippen LogP contribution in [0.15, 0.2) is 47.7 Å². The van der Waals surface area contributed by atoms with Gasteiger partial charge in [0.1, 0.15) is 6.61 Å². The number of fused-ring (bicyclic) bond motifs is 2. The van der Waals surface area contributed by atoms with Crippen LogP contribution in [0.1, 0.15) is 42.4 Å². The molecule has 3 heterocycles. The average molecular weight is 349 g/mol. The fourth-order valence-electron chi connectivity index (χ4n) is 3.85. The summed E-state index contributed by atoms with van der Waals surface area (Å²) in [7, 11) is 0. The second-order valence-electron chi connectivity index (χ2n) is 7.14. The zero-order valence-corrected chi connectivity index (χ0v) is 14.7. The Kier molecular flexibility index (Phi) is 3.26. The number of carbonyl (C=O) groups is 1. The predicted octanol–water partition coefficient (Wildman–Crippen LogP) is 3.91. The van der Waals surface area contributed by atoms with Crippen LogP contribution in [-0.2, 0) is 9.53 Å². The van der Waals surface area contributed by atoms with E-state index in [1.165, 1.54) is 5.56 Å². The molecule has 5 heteroatoms. The second-order valence-corrected chi connectivity index (χ2v) is 7.14. The number of ether oxygens (including phenoxy) is 3. The lowest BCUT2D eigenvalue weighted by molar-refractivity contribution is -0.136. The van der Waals surface area contributed by atoms with Crippen LogP contribution in [0.4, 0.5) is 5.69 Å². The molecule has 1 atom stereocenters. The number of esters is 1. The van der Waals surface area contributed by atoms with Crippen molar-refractivity contribution in [1.29, 1.82) is 0 Å². The minimum Gasteiger partial charge on any atom is -0.456 e. The third kappa shape index (κ3) is 2.20. The molecule has 5 nitrogen and oxygen atoms in total. The number of hydrogen-bond acceptors (Lipinski definition) is 5. The van der Waals surface area contributed by atoms with E-state index in [9.17, 15) is 4.79 Å². The van der Waals surface area contributed by atoms with Crippen molar-refractivity contribution in [1.82, 2.24) is 0 Å². The van der Waals surface area contributed by atoms with Crippen molar-refractivity contribution in [2.24, 2.45) is 0 Å². The number of nitrogens with one attached hydrogen (secondary N) is 1. The summed E-state index contributed by atoms with van der Waals surface area (Å²) in [6, 6.07) is 12.4. The molecule has 0 saturated heterocycles. The molecule has 0 fully saturated rings. The first-order chi connectivity index (χ1) is 12.6. The first kappa shape index (κ1) is 15.3. The van der Waals surface area contributed by atoms with Gasteiger partial charge in [0.25, 0.3) is 0 Å². The van der Waals surface area contributed by atoms with Crippen molar-refractivity contribution in [3.8, 4) is 11.5 Å². The van der Waals surface area contributed by atoms with E-state index in [0.717, 1.165) is 28.3 Å². The van der Waals surface area contributed by atoms with Gasteiger partial charge in [0.05, 0.1) is 11.3 Å². The maximum absolute atomic E-state index is 12.4. The predicted molar refractivity (Wildman–Crippen MR) is 96.5 cm³/mol. The molecule has 5 rings (SSSR count). The van der Waals surface area contributed by atoms with Gasteiger partial charge in [0.2, 0.25) is 6.79 Å². The smallest absolute Gasteiger partial charge is 0.337 e. The summed E-state index contributed by atoms with van der Waals surface area (Å²) in [4.78, 5) is 12.4. The zero-order chi connectivity index (χ0) is 17.8. The molecule has 0 amide bonds. The van der Waals surface area contributed by atoms with Crippen molar-refractivity contribution < 1.29 is 19.0 Å². The molecule has 26 heavy (non-hydrogen) atoms. The van der Waals surface area contributed by atoms with E-state index in [1.54, 1.807) is 0 Å². The molecule has 3 aliphatic rings. The molecule has 0 radical (unpaired) electrons. The summed E-state index contributed by atoms with van der Waals surface area (Å²) >= 11 is 0. The Bertz CT molecular complexity index is 943. The van der Waals surface area contributed by atoms with Gasteiger partial charge in [-0.05, 0) is 28.7 Å². The van der Waals surface area contributed by atoms with Gasteiger partial charge in [0.15, 0.2) is 11.5 Å². The van der Waals surface area contributed by atoms with E-state index in [1.807, 2.05) is 12.1 Å². The molecule has 0 bridgehead atoms. The summed E-state index contributed by atoms with van der Waals surface area (Å²) in [5.41, 5.74) is 5.81. The molecule has 2 aromatic carbocycles. The fraction of sp³-hybridized carbons (Fsp3) is 0.286. The van der Waals surface area contributed by atoms with E-state index in [-0.39, 0.29) is 25.3 Å². The molecule has 0 unspecified atom stereocenters. The highest BCUT2D eigenvalue weighted by Gasteiger charge is 2.39. The fourth-order valence-corrected chi connectivity index (χ4v) is 3.85. The number of hydrogen-bond donors (Lipinski definition) is 1. The van der Waals surface area contributed by atoms with Gasteiger partial charge in [-0.2, -0.15) is 0 Å². The first-order valence-corrected chi connectivity index (χ1v) is 8.82. The third-order valence-electron chi connectivity index (χ3n) is 5.26. The van der Waals surface area contributed by atoms with Gasteiger partial charge in [0, 0.05) is 17.7 Å². The van der Waals surface area contributed by atoms with Crippen LogP contribution in [0, 0.1) is 0 Å². The van der Waals surface area contributed by atoms with Crippen LogP contribution in [0.25, 0.3) is 0 Å². The maximum atomic E-state index is 12.4. The Hall–Kier alpha value is -2.95. The Morgan fingerprint density at radius 2 is 1.77 bits per heavy atom. The highest BCUT2D eigenvalue weighted by Crippen LogP contribution is 2.48. The van der Waals surface area contributed by atoms with Crippen molar-refractivity contribution in [2.75, 3.05) is 18.7 Å². The van der Waals surface area contributed by atoms with E-state index < -0.39 is 0 Å². The summed E-state index contributed by atoms with van der Waals surface area (Å²) in [6.45, 7) is 4.85. The van der Waals surface area contributed by atoms with Gasteiger partial charge >= 0.3 is 5.97 Å². The number of cyclic esters (lactones) is 1. The van der Waals surface area contributed by atoms with Crippen LogP contribution in [0.5, 0.6) is 11.5 Å². The van der Waals surface area contributed by atoms with E-state index >= 15 is 0 Å². The molecule has 3 aliphatic heterocycles. The SMILES string of the molecule is CC(C)c1ccc([C@H]2C3=C(COC3=O)Nc3cc4c(cc32)OCO4)cc1. The molecule has 2 aromatic rings. The molecular formula is C21H19NO4. The molecule has 1 N–H and O–H groups in total. The Morgan fingerprint density at radius 1 is 1.04 bits per heavy atom. The van der Waals surface area contributed by atoms with E-state index in [0.29, 0.717) is 17.2 Å². The lowest BCUT2D eigenvalue weighted by Crippen LogP contribution is -2.19. The molecule has 0 spiro atoms. The van der Waals surface area contributed by atoms with Crippen LogP contribution >= 0.6 is 0 Å². The van der Waals surface area contributed by atoms with E-state index in [2.05, 4.69) is 43.4 Å². The average Bonchev–Trinajstić information content (AvgIpc) is 3.24. The third-order valence-corrected chi connectivity index (χ3v) is 5.26. The van der Waals surface area contributed by atoms with Gasteiger partial charge in [-0.15, -0.1) is 0 Å². The van der Waals surface area contributed by atoms with Crippen LogP contribution in [0.3, 0.4) is 0 Å². The number of anilines is 1. The molecule has 0 saturated carbocycles. The first-order valence-electron chi connectivity index (χ1n) is 8.82. The lowest BCUT2D eigenvalue weighted by atomic mass is 9.80. The van der Waals surface area contributed by atoms with Crippen molar-refractivity contribution in [3.63, 3.8) is 0 Å². The Balaban J connectivity index is 1.67. The summed E-state index contributed by atoms with van der Waals surface area (Å²) < 4.78 is 16.4. The normalized spacial score (nSPS) is 20.0.